The quantitative estimate of drug-likeness (QED) is 0.546. The molecule has 1 heterocycles. The minimum absolute atomic E-state index is 0.200. The summed E-state index contributed by atoms with van der Waals surface area (Å²) in [6.45, 7) is 4.64. The number of carbonyl (C=O) groups is 2. The van der Waals surface area contributed by atoms with Crippen molar-refractivity contribution in [3.8, 4) is 0 Å². The van der Waals surface area contributed by atoms with Crippen LogP contribution in [0, 0.1) is 5.92 Å². The van der Waals surface area contributed by atoms with E-state index in [1.165, 1.54) is 0 Å². The predicted molar refractivity (Wildman–Crippen MR) is 57.7 cm³/mol. The molecular weight excluding hydrogens is 210 g/mol. The van der Waals surface area contributed by atoms with Crippen LogP contribution in [0.3, 0.4) is 0 Å². The first-order chi connectivity index (χ1) is 7.61. The van der Waals surface area contributed by atoms with Gasteiger partial charge in [0.25, 0.3) is 0 Å². The zero-order valence-corrected chi connectivity index (χ0v) is 9.90. The number of rotatable bonds is 3. The predicted octanol–water partition coefficient (Wildman–Crippen LogP) is 1.77. The highest BCUT2D eigenvalue weighted by Gasteiger charge is 2.18. The number of carbonyl (C=O) groups excluding carboxylic acids is 2. The number of amides is 1. The van der Waals surface area contributed by atoms with Gasteiger partial charge in [0.15, 0.2) is 0 Å². The number of esters is 1. The van der Waals surface area contributed by atoms with Gasteiger partial charge in [-0.25, -0.2) is 4.79 Å². The number of ether oxygens (including phenoxy) is 2. The molecule has 5 heteroatoms. The molecule has 92 valence electrons. The van der Waals surface area contributed by atoms with Crippen molar-refractivity contribution in [2.24, 2.45) is 5.92 Å². The topological polar surface area (TPSA) is 55.8 Å². The van der Waals surface area contributed by atoms with Crippen LogP contribution in [0.1, 0.15) is 33.1 Å². The Hall–Kier alpha value is -1.26. The second-order valence-electron chi connectivity index (χ2n) is 4.19. The summed E-state index contributed by atoms with van der Waals surface area (Å²) in [5, 5.41) is 0. The lowest BCUT2D eigenvalue weighted by Gasteiger charge is -2.25. The van der Waals surface area contributed by atoms with Gasteiger partial charge in [0.1, 0.15) is 0 Å². The summed E-state index contributed by atoms with van der Waals surface area (Å²) in [6.07, 6.45) is 2.80. The van der Waals surface area contributed by atoms with Gasteiger partial charge in [0.05, 0.1) is 5.92 Å². The summed E-state index contributed by atoms with van der Waals surface area (Å²) >= 11 is 0. The van der Waals surface area contributed by atoms with Gasteiger partial charge in [-0.3, -0.25) is 4.79 Å². The van der Waals surface area contributed by atoms with Gasteiger partial charge in [0.2, 0.25) is 6.79 Å². The molecule has 1 rings (SSSR count). The first-order valence-corrected chi connectivity index (χ1v) is 5.69. The Labute approximate surface area is 95.7 Å². The lowest BCUT2D eigenvalue weighted by molar-refractivity contribution is -0.156. The monoisotopic (exact) mass is 229 g/mol. The second kappa shape index (κ2) is 6.35. The van der Waals surface area contributed by atoms with E-state index in [4.69, 9.17) is 9.47 Å². The van der Waals surface area contributed by atoms with Crippen molar-refractivity contribution in [1.29, 1.82) is 0 Å². The summed E-state index contributed by atoms with van der Waals surface area (Å²) < 4.78 is 9.60. The molecule has 1 aliphatic heterocycles. The van der Waals surface area contributed by atoms with E-state index in [1.807, 2.05) is 0 Å². The van der Waals surface area contributed by atoms with E-state index < -0.39 is 6.09 Å². The maximum atomic E-state index is 11.5. The van der Waals surface area contributed by atoms with Crippen molar-refractivity contribution in [3.63, 3.8) is 0 Å². The van der Waals surface area contributed by atoms with E-state index >= 15 is 0 Å². The Morgan fingerprint density at radius 1 is 1.12 bits per heavy atom. The number of hydrogen-bond acceptors (Lipinski definition) is 4. The Balaban J connectivity index is 2.17. The SMILES string of the molecule is CC(C)C(=O)OCOC(=O)N1CCCCC1. The molecule has 0 radical (unpaired) electrons. The van der Waals surface area contributed by atoms with Crippen LogP contribution in [-0.4, -0.2) is 36.8 Å². The lowest BCUT2D eigenvalue weighted by Crippen LogP contribution is -2.36. The first kappa shape index (κ1) is 12.8. The highest BCUT2D eigenvalue weighted by Crippen LogP contribution is 2.09. The van der Waals surface area contributed by atoms with Crippen LogP contribution in [0.2, 0.25) is 0 Å². The normalized spacial score (nSPS) is 16.1. The fraction of sp³-hybridized carbons (Fsp3) is 0.818. The fourth-order valence-corrected chi connectivity index (χ4v) is 1.47. The molecule has 1 aliphatic rings. The third-order valence-electron chi connectivity index (χ3n) is 2.47. The molecule has 1 amide bonds. The van der Waals surface area contributed by atoms with Crippen molar-refractivity contribution >= 4 is 12.1 Å². The minimum Gasteiger partial charge on any atom is -0.428 e. The molecule has 1 saturated heterocycles. The van der Waals surface area contributed by atoms with Crippen LogP contribution in [0.4, 0.5) is 4.79 Å². The van der Waals surface area contributed by atoms with E-state index in [0.717, 1.165) is 32.4 Å². The van der Waals surface area contributed by atoms with Crippen LogP contribution in [0.15, 0.2) is 0 Å². The molecule has 16 heavy (non-hydrogen) atoms. The van der Waals surface area contributed by atoms with Gasteiger partial charge in [-0.05, 0) is 19.3 Å². The van der Waals surface area contributed by atoms with Gasteiger partial charge in [-0.15, -0.1) is 0 Å². The molecule has 0 aromatic carbocycles. The van der Waals surface area contributed by atoms with Gasteiger partial charge in [-0.2, -0.15) is 0 Å². The van der Waals surface area contributed by atoms with Gasteiger partial charge >= 0.3 is 12.1 Å². The molecule has 0 spiro atoms. The molecule has 0 unspecified atom stereocenters. The molecule has 0 N–H and O–H groups in total. The summed E-state index contributed by atoms with van der Waals surface area (Å²) in [5.74, 6) is -0.555. The summed E-state index contributed by atoms with van der Waals surface area (Å²) in [7, 11) is 0. The number of likely N-dealkylation sites (tertiary alicyclic amines) is 1. The lowest BCUT2D eigenvalue weighted by atomic mass is 10.1. The minimum atomic E-state index is -0.392. The van der Waals surface area contributed by atoms with Gasteiger partial charge in [0, 0.05) is 13.1 Å². The summed E-state index contributed by atoms with van der Waals surface area (Å²) in [5.41, 5.74) is 0. The zero-order valence-electron chi connectivity index (χ0n) is 9.90. The fourth-order valence-electron chi connectivity index (χ4n) is 1.47. The van der Waals surface area contributed by atoms with Crippen molar-refractivity contribution in [3.05, 3.63) is 0 Å². The molecule has 0 aromatic heterocycles. The highest BCUT2D eigenvalue weighted by molar-refractivity contribution is 5.72. The zero-order chi connectivity index (χ0) is 12.0. The molecule has 5 nitrogen and oxygen atoms in total. The van der Waals surface area contributed by atoms with Crippen LogP contribution < -0.4 is 0 Å². The summed E-state index contributed by atoms with van der Waals surface area (Å²) in [6, 6.07) is 0. The van der Waals surface area contributed by atoms with Crippen molar-refractivity contribution in [1.82, 2.24) is 4.90 Å². The third-order valence-corrected chi connectivity index (χ3v) is 2.47. The first-order valence-electron chi connectivity index (χ1n) is 5.69. The number of piperidine rings is 1. The van der Waals surface area contributed by atoms with E-state index in [-0.39, 0.29) is 18.7 Å². The molecule has 0 aliphatic carbocycles. The second-order valence-corrected chi connectivity index (χ2v) is 4.19. The van der Waals surface area contributed by atoms with Crippen LogP contribution >= 0.6 is 0 Å². The van der Waals surface area contributed by atoms with Gasteiger partial charge in [-0.1, -0.05) is 13.8 Å². The van der Waals surface area contributed by atoms with E-state index in [9.17, 15) is 9.59 Å². The standard InChI is InChI=1S/C11H19NO4/c1-9(2)10(13)15-8-16-11(14)12-6-4-3-5-7-12/h9H,3-8H2,1-2H3. The van der Waals surface area contributed by atoms with Gasteiger partial charge < -0.3 is 14.4 Å². The van der Waals surface area contributed by atoms with Crippen LogP contribution in [0.5, 0.6) is 0 Å². The number of hydrogen-bond donors (Lipinski definition) is 0. The Kier molecular flexibility index (Phi) is 5.08. The maximum absolute atomic E-state index is 11.5. The van der Waals surface area contributed by atoms with Crippen molar-refractivity contribution in [2.75, 3.05) is 19.9 Å². The highest BCUT2D eigenvalue weighted by atomic mass is 16.7. The van der Waals surface area contributed by atoms with Crippen LogP contribution in [0.25, 0.3) is 0 Å². The molecule has 0 aromatic rings. The average Bonchev–Trinajstić information content (AvgIpc) is 2.29. The van der Waals surface area contributed by atoms with Crippen LogP contribution in [-0.2, 0) is 14.3 Å². The molecule has 0 bridgehead atoms. The van der Waals surface area contributed by atoms with Crippen molar-refractivity contribution < 1.29 is 19.1 Å². The number of nitrogens with zero attached hydrogens (tertiary/aromatic N) is 1. The molecule has 1 fully saturated rings. The molecular formula is C11H19NO4. The van der Waals surface area contributed by atoms with E-state index in [2.05, 4.69) is 0 Å². The molecule has 0 atom stereocenters. The third kappa shape index (κ3) is 4.08. The van der Waals surface area contributed by atoms with E-state index in [1.54, 1.807) is 18.7 Å². The smallest absolute Gasteiger partial charge is 0.412 e. The maximum Gasteiger partial charge on any atom is 0.412 e. The largest absolute Gasteiger partial charge is 0.428 e. The molecule has 0 saturated carbocycles. The van der Waals surface area contributed by atoms with Crippen molar-refractivity contribution in [2.45, 2.75) is 33.1 Å². The Morgan fingerprint density at radius 2 is 1.75 bits per heavy atom. The summed E-state index contributed by atoms with van der Waals surface area (Å²) in [4.78, 5) is 24.2. The average molecular weight is 229 g/mol. The Bertz CT molecular complexity index is 246. The Morgan fingerprint density at radius 3 is 2.31 bits per heavy atom. The van der Waals surface area contributed by atoms with E-state index in [0.29, 0.717) is 0 Å².